The van der Waals surface area contributed by atoms with E-state index in [0.29, 0.717) is 0 Å². The predicted octanol–water partition coefficient (Wildman–Crippen LogP) is 1.86. The lowest BCUT2D eigenvalue weighted by atomic mass is 9.99. The monoisotopic (exact) mass is 277 g/mol. The van der Waals surface area contributed by atoms with Gasteiger partial charge in [0.15, 0.2) is 0 Å². The van der Waals surface area contributed by atoms with Crippen molar-refractivity contribution in [2.45, 2.75) is 12.8 Å². The summed E-state index contributed by atoms with van der Waals surface area (Å²) in [6.07, 6.45) is 5.40. The van der Waals surface area contributed by atoms with Crippen LogP contribution < -0.4 is 10.6 Å². The maximum absolute atomic E-state index is 11.8. The lowest BCUT2D eigenvalue weighted by molar-refractivity contribution is -0.120. The molecule has 0 bridgehead atoms. The Labute approximate surface area is 113 Å². The minimum Gasteiger partial charge on any atom is -0.326 e. The van der Waals surface area contributed by atoms with Crippen LogP contribution in [-0.2, 0) is 4.79 Å². The van der Waals surface area contributed by atoms with Crippen molar-refractivity contribution in [3.63, 3.8) is 0 Å². The highest BCUT2D eigenvalue weighted by Crippen LogP contribution is 2.13. The topological polar surface area (TPSA) is 54.0 Å². The normalized spacial score (nSPS) is 18.5. The van der Waals surface area contributed by atoms with Gasteiger partial charge in [-0.25, -0.2) is 0 Å². The van der Waals surface area contributed by atoms with Crippen molar-refractivity contribution in [1.82, 2.24) is 10.3 Å². The molecule has 6 heteroatoms. The molecule has 1 aromatic rings. The highest BCUT2D eigenvalue weighted by Gasteiger charge is 2.20. The summed E-state index contributed by atoms with van der Waals surface area (Å²) in [5, 5.41) is 6.12. The zero-order chi connectivity index (χ0) is 10.5. The van der Waals surface area contributed by atoms with Crippen molar-refractivity contribution in [2.75, 3.05) is 18.4 Å². The Balaban J connectivity index is 0.00000128. The van der Waals surface area contributed by atoms with Crippen molar-refractivity contribution in [2.24, 2.45) is 5.92 Å². The number of nitrogens with zero attached hydrogens (tertiary/aromatic N) is 1. The Morgan fingerprint density at radius 3 is 2.65 bits per heavy atom. The number of carbonyl (C=O) groups is 1. The van der Waals surface area contributed by atoms with Crippen LogP contribution in [0, 0.1) is 5.92 Å². The number of hydrogen-bond donors (Lipinski definition) is 2. The molecule has 1 aromatic heterocycles. The van der Waals surface area contributed by atoms with Crippen LogP contribution in [0.5, 0.6) is 0 Å². The summed E-state index contributed by atoms with van der Waals surface area (Å²) in [7, 11) is 0. The van der Waals surface area contributed by atoms with E-state index in [2.05, 4.69) is 15.6 Å². The van der Waals surface area contributed by atoms with Crippen molar-refractivity contribution in [3.8, 4) is 0 Å². The molecular weight excluding hydrogens is 261 g/mol. The molecule has 0 aromatic carbocycles. The number of hydrogen-bond acceptors (Lipinski definition) is 3. The van der Waals surface area contributed by atoms with Crippen molar-refractivity contribution in [3.05, 3.63) is 24.5 Å². The molecule has 17 heavy (non-hydrogen) atoms. The van der Waals surface area contributed by atoms with Gasteiger partial charge in [0.1, 0.15) is 0 Å². The molecule has 0 spiro atoms. The fraction of sp³-hybridized carbons (Fsp3) is 0.455. The molecule has 2 heterocycles. The molecule has 1 fully saturated rings. The van der Waals surface area contributed by atoms with E-state index in [1.165, 1.54) is 0 Å². The summed E-state index contributed by atoms with van der Waals surface area (Å²) in [5.74, 6) is 0.209. The molecule has 0 radical (unpaired) electrons. The molecule has 2 N–H and O–H groups in total. The van der Waals surface area contributed by atoms with Crippen molar-refractivity contribution < 1.29 is 4.79 Å². The van der Waals surface area contributed by atoms with Crippen LogP contribution in [0.4, 0.5) is 5.69 Å². The molecule has 0 saturated carbocycles. The fourth-order valence-electron chi connectivity index (χ4n) is 1.76. The van der Waals surface area contributed by atoms with Gasteiger partial charge in [0.2, 0.25) is 5.91 Å². The van der Waals surface area contributed by atoms with E-state index >= 15 is 0 Å². The average molecular weight is 278 g/mol. The van der Waals surface area contributed by atoms with E-state index in [-0.39, 0.29) is 36.6 Å². The summed E-state index contributed by atoms with van der Waals surface area (Å²) in [4.78, 5) is 15.7. The van der Waals surface area contributed by atoms with Gasteiger partial charge < -0.3 is 10.6 Å². The van der Waals surface area contributed by atoms with Crippen LogP contribution in [-0.4, -0.2) is 24.0 Å². The third-order valence-electron chi connectivity index (χ3n) is 2.62. The van der Waals surface area contributed by atoms with Crippen LogP contribution in [0.2, 0.25) is 0 Å². The SMILES string of the molecule is Cl.Cl.O=C(Nc1ccncc1)C1CCCNC1. The lowest BCUT2D eigenvalue weighted by Gasteiger charge is -2.21. The van der Waals surface area contributed by atoms with Crippen LogP contribution in [0.25, 0.3) is 0 Å². The van der Waals surface area contributed by atoms with Gasteiger partial charge in [-0.3, -0.25) is 9.78 Å². The Hall–Kier alpha value is -0.840. The third-order valence-corrected chi connectivity index (χ3v) is 2.62. The van der Waals surface area contributed by atoms with E-state index in [1.807, 2.05) is 0 Å². The second-order valence-corrected chi connectivity index (χ2v) is 3.77. The van der Waals surface area contributed by atoms with Crippen molar-refractivity contribution in [1.29, 1.82) is 0 Å². The summed E-state index contributed by atoms with van der Waals surface area (Å²) in [6, 6.07) is 3.60. The van der Waals surface area contributed by atoms with E-state index in [4.69, 9.17) is 0 Å². The first-order chi connectivity index (χ1) is 7.36. The molecule has 4 nitrogen and oxygen atoms in total. The highest BCUT2D eigenvalue weighted by molar-refractivity contribution is 5.92. The Bertz CT molecular complexity index is 329. The first-order valence-corrected chi connectivity index (χ1v) is 5.28. The van der Waals surface area contributed by atoms with Gasteiger partial charge in [-0.2, -0.15) is 0 Å². The number of amides is 1. The largest absolute Gasteiger partial charge is 0.326 e. The number of carbonyl (C=O) groups excluding carboxylic acids is 1. The smallest absolute Gasteiger partial charge is 0.228 e. The molecule has 0 aliphatic carbocycles. The highest BCUT2D eigenvalue weighted by atomic mass is 35.5. The summed E-state index contributed by atoms with van der Waals surface area (Å²) >= 11 is 0. The zero-order valence-corrected chi connectivity index (χ0v) is 11.0. The average Bonchev–Trinajstić information content (AvgIpc) is 2.31. The number of anilines is 1. The first kappa shape index (κ1) is 16.2. The second kappa shape index (κ2) is 8.28. The quantitative estimate of drug-likeness (QED) is 0.868. The van der Waals surface area contributed by atoms with Gasteiger partial charge in [0.25, 0.3) is 0 Å². The van der Waals surface area contributed by atoms with Gasteiger partial charge in [0, 0.05) is 24.6 Å². The number of rotatable bonds is 2. The number of pyridine rings is 1. The molecule has 1 saturated heterocycles. The number of aromatic nitrogens is 1. The van der Waals surface area contributed by atoms with Gasteiger partial charge in [-0.15, -0.1) is 24.8 Å². The fourth-order valence-corrected chi connectivity index (χ4v) is 1.76. The third kappa shape index (κ3) is 4.89. The maximum Gasteiger partial charge on any atom is 0.228 e. The zero-order valence-electron chi connectivity index (χ0n) is 9.39. The Morgan fingerprint density at radius 1 is 1.35 bits per heavy atom. The Morgan fingerprint density at radius 2 is 2.06 bits per heavy atom. The minimum absolute atomic E-state index is 0. The Kier molecular flexibility index (Phi) is 7.87. The van der Waals surface area contributed by atoms with Gasteiger partial charge in [-0.05, 0) is 31.5 Å². The standard InChI is InChI=1S/C11H15N3O.2ClH/c15-11(9-2-1-5-13-8-9)14-10-3-6-12-7-4-10;;/h3-4,6-7,9,13H,1-2,5,8H2,(H,12,14,15);2*1H. The predicted molar refractivity (Wildman–Crippen MR) is 73.0 cm³/mol. The molecule has 96 valence electrons. The first-order valence-electron chi connectivity index (χ1n) is 5.28. The second-order valence-electron chi connectivity index (χ2n) is 3.77. The van der Waals surface area contributed by atoms with Gasteiger partial charge >= 0.3 is 0 Å². The van der Waals surface area contributed by atoms with Gasteiger partial charge in [-0.1, -0.05) is 0 Å². The minimum atomic E-state index is 0. The maximum atomic E-state index is 11.8. The number of halogens is 2. The van der Waals surface area contributed by atoms with E-state index in [1.54, 1.807) is 24.5 Å². The van der Waals surface area contributed by atoms with E-state index in [9.17, 15) is 4.79 Å². The van der Waals surface area contributed by atoms with E-state index in [0.717, 1.165) is 31.6 Å². The summed E-state index contributed by atoms with van der Waals surface area (Å²) in [5.41, 5.74) is 0.820. The molecule has 1 amide bonds. The van der Waals surface area contributed by atoms with E-state index < -0.39 is 0 Å². The van der Waals surface area contributed by atoms with Crippen LogP contribution in [0.1, 0.15) is 12.8 Å². The molecule has 1 aliphatic heterocycles. The molecule has 2 rings (SSSR count). The molecule has 1 aliphatic rings. The summed E-state index contributed by atoms with van der Waals surface area (Å²) in [6.45, 7) is 1.82. The molecule has 1 unspecified atom stereocenters. The number of nitrogens with one attached hydrogen (secondary N) is 2. The van der Waals surface area contributed by atoms with Crippen molar-refractivity contribution >= 4 is 36.4 Å². The molecule has 1 atom stereocenters. The van der Waals surface area contributed by atoms with Crippen LogP contribution in [0.3, 0.4) is 0 Å². The summed E-state index contributed by atoms with van der Waals surface area (Å²) < 4.78 is 0. The van der Waals surface area contributed by atoms with Crippen LogP contribution in [0.15, 0.2) is 24.5 Å². The molecular formula is C11H17Cl2N3O. The van der Waals surface area contributed by atoms with Crippen LogP contribution >= 0.6 is 24.8 Å². The van der Waals surface area contributed by atoms with Gasteiger partial charge in [0.05, 0.1) is 5.92 Å². The lowest BCUT2D eigenvalue weighted by Crippen LogP contribution is -2.37. The number of piperidine rings is 1.